The van der Waals surface area contributed by atoms with Gasteiger partial charge in [0.2, 0.25) is 10.0 Å². The number of benzene rings is 1. The van der Waals surface area contributed by atoms with Gasteiger partial charge >= 0.3 is 5.97 Å². The molecule has 1 aromatic carbocycles. The molecule has 0 bridgehead atoms. The van der Waals surface area contributed by atoms with Crippen molar-refractivity contribution in [1.29, 1.82) is 0 Å². The van der Waals surface area contributed by atoms with E-state index >= 15 is 0 Å². The summed E-state index contributed by atoms with van der Waals surface area (Å²) in [7, 11) is -1.17. The van der Waals surface area contributed by atoms with Crippen LogP contribution in [0.5, 0.6) is 5.75 Å². The lowest BCUT2D eigenvalue weighted by molar-refractivity contribution is -0.145. The molecule has 6 nitrogen and oxygen atoms in total. The van der Waals surface area contributed by atoms with Crippen LogP contribution >= 0.6 is 22.6 Å². The van der Waals surface area contributed by atoms with Gasteiger partial charge in [-0.25, -0.2) is 8.42 Å². The molecule has 0 amide bonds. The first-order chi connectivity index (χ1) is 11.9. The van der Waals surface area contributed by atoms with Gasteiger partial charge in [0.05, 0.1) is 12.0 Å². The summed E-state index contributed by atoms with van der Waals surface area (Å²) < 4.78 is 37.6. The summed E-state index contributed by atoms with van der Waals surface area (Å²) in [6.45, 7) is 1.95. The fraction of sp³-hybridized carbons (Fsp3) is 0.471. The smallest absolute Gasteiger partial charge is 0.324 e. The number of likely N-dealkylation sites (N-methyl/N-ethyl adjacent to an activating group) is 1. The summed E-state index contributed by atoms with van der Waals surface area (Å²) in [5.41, 5.74) is 0. The van der Waals surface area contributed by atoms with Gasteiger partial charge in [-0.1, -0.05) is 28.5 Å². The zero-order chi connectivity index (χ0) is 18.9. The number of hydrogen-bond donors (Lipinski definition) is 0. The summed E-state index contributed by atoms with van der Waals surface area (Å²) in [6.07, 6.45) is 1.12. The van der Waals surface area contributed by atoms with E-state index in [4.69, 9.17) is 9.47 Å². The van der Waals surface area contributed by atoms with Crippen LogP contribution in [0.1, 0.15) is 19.8 Å². The number of rotatable bonds is 9. The zero-order valence-corrected chi connectivity index (χ0v) is 17.5. The lowest BCUT2D eigenvalue weighted by atomic mass is 10.2. The van der Waals surface area contributed by atoms with Crippen molar-refractivity contribution >= 4 is 38.6 Å². The first kappa shape index (κ1) is 21.7. The molecular formula is C17H22INO5S. The molecular weight excluding hydrogens is 457 g/mol. The molecule has 0 heterocycles. The van der Waals surface area contributed by atoms with Crippen LogP contribution in [0.4, 0.5) is 0 Å². The molecule has 1 unspecified atom stereocenters. The number of methoxy groups -OCH3 is 1. The predicted molar refractivity (Wildman–Crippen MR) is 104 cm³/mol. The summed E-state index contributed by atoms with van der Waals surface area (Å²) in [5.74, 6) is 5.44. The Kier molecular flexibility index (Phi) is 9.24. The van der Waals surface area contributed by atoms with Gasteiger partial charge in [-0.2, -0.15) is 4.31 Å². The monoisotopic (exact) mass is 479 g/mol. The summed E-state index contributed by atoms with van der Waals surface area (Å²) in [4.78, 5) is 12.1. The Morgan fingerprint density at radius 3 is 2.48 bits per heavy atom. The third-order valence-corrected chi connectivity index (χ3v) is 6.16. The van der Waals surface area contributed by atoms with E-state index in [0.29, 0.717) is 18.6 Å². The minimum absolute atomic E-state index is 0.0901. The third kappa shape index (κ3) is 6.17. The Morgan fingerprint density at radius 1 is 1.32 bits per heavy atom. The zero-order valence-electron chi connectivity index (χ0n) is 14.5. The molecule has 0 aliphatic rings. The van der Waals surface area contributed by atoms with E-state index in [9.17, 15) is 13.2 Å². The first-order valence-electron chi connectivity index (χ1n) is 7.62. The van der Waals surface area contributed by atoms with Crippen LogP contribution in [0.25, 0.3) is 0 Å². The van der Waals surface area contributed by atoms with E-state index in [-0.39, 0.29) is 11.5 Å². The summed E-state index contributed by atoms with van der Waals surface area (Å²) in [5, 5.41) is 0. The van der Waals surface area contributed by atoms with E-state index in [0.717, 1.165) is 8.73 Å². The van der Waals surface area contributed by atoms with E-state index in [1.165, 1.54) is 26.3 Å². The van der Waals surface area contributed by atoms with Crippen LogP contribution in [0, 0.1) is 11.8 Å². The average molecular weight is 479 g/mol. The second kappa shape index (κ2) is 10.6. The van der Waals surface area contributed by atoms with Crippen molar-refractivity contribution in [2.24, 2.45) is 0 Å². The number of hydrogen-bond acceptors (Lipinski definition) is 5. The van der Waals surface area contributed by atoms with Gasteiger partial charge in [-0.15, -0.1) is 5.92 Å². The van der Waals surface area contributed by atoms with Crippen molar-refractivity contribution in [3.63, 3.8) is 0 Å². The highest BCUT2D eigenvalue weighted by Gasteiger charge is 2.33. The van der Waals surface area contributed by atoms with E-state index < -0.39 is 22.0 Å². The van der Waals surface area contributed by atoms with Crippen LogP contribution in [0.15, 0.2) is 29.2 Å². The standard InChI is InChI=1S/C17H22INO5S/c1-4-5-13-24-14-8-10-15(11-9-14)25(21,22)19(2)16(7-6-12-18)17(20)23-3/h8-11,16H,6-7,12-13H2,1-3H3. The molecule has 1 rings (SSSR count). The largest absolute Gasteiger partial charge is 0.481 e. The van der Waals surface area contributed by atoms with Crippen molar-refractivity contribution in [3.05, 3.63) is 24.3 Å². The highest BCUT2D eigenvalue weighted by atomic mass is 127. The minimum Gasteiger partial charge on any atom is -0.481 e. The maximum absolute atomic E-state index is 12.8. The number of carbonyl (C=O) groups excluding carboxylic acids is 1. The van der Waals surface area contributed by atoms with Gasteiger partial charge in [-0.05, 0) is 48.5 Å². The van der Waals surface area contributed by atoms with E-state index in [1.54, 1.807) is 19.1 Å². The molecule has 0 saturated heterocycles. The topological polar surface area (TPSA) is 72.9 Å². The van der Waals surface area contributed by atoms with Gasteiger partial charge in [0.1, 0.15) is 18.4 Å². The number of esters is 1. The fourth-order valence-corrected chi connectivity index (χ4v) is 3.87. The highest BCUT2D eigenvalue weighted by Crippen LogP contribution is 2.22. The molecule has 0 fully saturated rings. The lowest BCUT2D eigenvalue weighted by Crippen LogP contribution is -2.43. The van der Waals surface area contributed by atoms with Crippen LogP contribution in [0.2, 0.25) is 0 Å². The fourth-order valence-electron chi connectivity index (χ4n) is 2.09. The molecule has 138 valence electrons. The van der Waals surface area contributed by atoms with Crippen LogP contribution in [-0.4, -0.2) is 49.9 Å². The summed E-state index contributed by atoms with van der Waals surface area (Å²) in [6, 6.07) is 5.19. The molecule has 0 aliphatic carbocycles. The second-order valence-corrected chi connectivity index (χ2v) is 8.15. The normalized spacial score (nSPS) is 12.2. The molecule has 1 aromatic rings. The number of halogens is 1. The van der Waals surface area contributed by atoms with Crippen LogP contribution in [0.3, 0.4) is 0 Å². The average Bonchev–Trinajstić information content (AvgIpc) is 2.62. The molecule has 0 saturated carbocycles. The number of carbonyl (C=O) groups is 1. The third-order valence-electron chi connectivity index (χ3n) is 3.51. The molecule has 25 heavy (non-hydrogen) atoms. The van der Waals surface area contributed by atoms with Crippen LogP contribution in [-0.2, 0) is 19.6 Å². The quantitative estimate of drug-likeness (QED) is 0.236. The van der Waals surface area contributed by atoms with Crippen LogP contribution < -0.4 is 4.74 Å². The number of nitrogens with zero attached hydrogens (tertiary/aromatic N) is 1. The van der Waals surface area contributed by atoms with E-state index in [2.05, 4.69) is 34.4 Å². The Labute approximate surface area is 163 Å². The lowest BCUT2D eigenvalue weighted by Gasteiger charge is -2.25. The molecule has 0 N–H and O–H groups in total. The molecule has 8 heteroatoms. The number of alkyl halides is 1. The van der Waals surface area contributed by atoms with Gasteiger partial charge in [0.15, 0.2) is 0 Å². The Hall–Kier alpha value is -1.31. The van der Waals surface area contributed by atoms with Gasteiger partial charge in [0.25, 0.3) is 0 Å². The Balaban J connectivity index is 2.99. The maximum atomic E-state index is 12.8. The maximum Gasteiger partial charge on any atom is 0.324 e. The summed E-state index contributed by atoms with van der Waals surface area (Å²) >= 11 is 2.19. The van der Waals surface area contributed by atoms with Crippen molar-refractivity contribution in [3.8, 4) is 17.6 Å². The highest BCUT2D eigenvalue weighted by molar-refractivity contribution is 14.1. The van der Waals surface area contributed by atoms with E-state index in [1.807, 2.05) is 0 Å². The van der Waals surface area contributed by atoms with Crippen molar-refractivity contribution in [2.45, 2.75) is 30.7 Å². The second-order valence-electron chi connectivity index (χ2n) is 5.08. The van der Waals surface area contributed by atoms with Gasteiger partial charge < -0.3 is 9.47 Å². The Bertz CT molecular complexity index is 722. The SMILES string of the molecule is CC#CCOc1ccc(S(=O)(=O)N(C)C(CCCI)C(=O)OC)cc1. The number of sulfonamides is 1. The van der Waals surface area contributed by atoms with Gasteiger partial charge in [0, 0.05) is 7.05 Å². The molecule has 0 aliphatic heterocycles. The molecule has 0 spiro atoms. The molecule has 0 aromatic heterocycles. The molecule has 1 atom stereocenters. The van der Waals surface area contributed by atoms with Gasteiger partial charge in [-0.3, -0.25) is 4.79 Å². The first-order valence-corrected chi connectivity index (χ1v) is 10.6. The van der Waals surface area contributed by atoms with Crippen molar-refractivity contribution in [2.75, 3.05) is 25.2 Å². The number of ether oxygens (including phenoxy) is 2. The molecule has 0 radical (unpaired) electrons. The van der Waals surface area contributed by atoms with Crippen molar-refractivity contribution in [1.82, 2.24) is 4.31 Å². The minimum atomic E-state index is -3.82. The predicted octanol–water partition coefficient (Wildman–Crippen LogP) is 2.47. The Morgan fingerprint density at radius 2 is 1.96 bits per heavy atom. The van der Waals surface area contributed by atoms with Crippen molar-refractivity contribution < 1.29 is 22.7 Å².